The SMILES string of the molecule is COCCOCCCOC(=O)c1ccc(N)cc1N. The number of benzene rings is 1. The molecule has 0 aromatic heterocycles. The Morgan fingerprint density at radius 1 is 1.16 bits per heavy atom. The fraction of sp³-hybridized carbons (Fsp3) is 0.462. The second-order valence-corrected chi connectivity index (χ2v) is 3.94. The van der Waals surface area contributed by atoms with Gasteiger partial charge in [0.15, 0.2) is 0 Å². The number of rotatable bonds is 8. The average Bonchev–Trinajstić information content (AvgIpc) is 2.37. The lowest BCUT2D eigenvalue weighted by molar-refractivity contribution is 0.0386. The van der Waals surface area contributed by atoms with Gasteiger partial charge in [0.25, 0.3) is 0 Å². The largest absolute Gasteiger partial charge is 0.462 e. The summed E-state index contributed by atoms with van der Waals surface area (Å²) in [6.45, 7) is 1.90. The van der Waals surface area contributed by atoms with Crippen molar-refractivity contribution in [3.05, 3.63) is 23.8 Å². The second-order valence-electron chi connectivity index (χ2n) is 3.94. The molecule has 0 aliphatic carbocycles. The smallest absolute Gasteiger partial charge is 0.340 e. The number of nitrogens with two attached hydrogens (primary N) is 2. The molecule has 0 heterocycles. The molecule has 0 atom stereocenters. The fourth-order valence-corrected chi connectivity index (χ4v) is 1.42. The molecule has 0 saturated heterocycles. The minimum Gasteiger partial charge on any atom is -0.462 e. The molecule has 6 nitrogen and oxygen atoms in total. The van der Waals surface area contributed by atoms with E-state index in [2.05, 4.69) is 0 Å². The van der Waals surface area contributed by atoms with E-state index in [0.29, 0.717) is 43.2 Å². The van der Waals surface area contributed by atoms with Gasteiger partial charge in [-0.3, -0.25) is 0 Å². The summed E-state index contributed by atoms with van der Waals surface area (Å²) in [5, 5.41) is 0. The lowest BCUT2D eigenvalue weighted by atomic mass is 10.1. The topological polar surface area (TPSA) is 96.8 Å². The number of carbonyl (C=O) groups is 1. The van der Waals surface area contributed by atoms with E-state index in [1.54, 1.807) is 19.2 Å². The zero-order valence-electron chi connectivity index (χ0n) is 11.1. The van der Waals surface area contributed by atoms with Crippen LogP contribution in [0.25, 0.3) is 0 Å². The van der Waals surface area contributed by atoms with Gasteiger partial charge in [-0.25, -0.2) is 4.79 Å². The van der Waals surface area contributed by atoms with E-state index in [1.807, 2.05) is 0 Å². The lowest BCUT2D eigenvalue weighted by Crippen LogP contribution is -2.11. The van der Waals surface area contributed by atoms with Crippen molar-refractivity contribution < 1.29 is 19.0 Å². The summed E-state index contributed by atoms with van der Waals surface area (Å²) in [5.74, 6) is -0.450. The molecule has 106 valence electrons. The molecule has 0 radical (unpaired) electrons. The molecule has 6 heteroatoms. The van der Waals surface area contributed by atoms with Crippen LogP contribution in [0.5, 0.6) is 0 Å². The van der Waals surface area contributed by atoms with Gasteiger partial charge in [0.05, 0.1) is 25.4 Å². The number of nitrogen functional groups attached to an aromatic ring is 2. The lowest BCUT2D eigenvalue weighted by Gasteiger charge is -2.08. The first-order valence-corrected chi connectivity index (χ1v) is 6.04. The van der Waals surface area contributed by atoms with E-state index in [4.69, 9.17) is 25.7 Å². The van der Waals surface area contributed by atoms with Crippen molar-refractivity contribution in [2.24, 2.45) is 0 Å². The van der Waals surface area contributed by atoms with Crippen LogP contribution in [0.4, 0.5) is 11.4 Å². The van der Waals surface area contributed by atoms with Crippen LogP contribution in [0.2, 0.25) is 0 Å². The van der Waals surface area contributed by atoms with E-state index >= 15 is 0 Å². The summed E-state index contributed by atoms with van der Waals surface area (Å²) >= 11 is 0. The Bertz CT molecular complexity index is 410. The van der Waals surface area contributed by atoms with Crippen molar-refractivity contribution in [3.63, 3.8) is 0 Å². The van der Waals surface area contributed by atoms with Crippen molar-refractivity contribution >= 4 is 17.3 Å². The molecule has 1 rings (SSSR count). The van der Waals surface area contributed by atoms with E-state index in [-0.39, 0.29) is 6.61 Å². The van der Waals surface area contributed by atoms with Crippen LogP contribution in [-0.2, 0) is 14.2 Å². The van der Waals surface area contributed by atoms with E-state index < -0.39 is 5.97 Å². The standard InChI is InChI=1S/C13H20N2O4/c1-17-7-8-18-5-2-6-19-13(16)11-4-3-10(14)9-12(11)15/h3-4,9H,2,5-8,14-15H2,1H3. The normalized spacial score (nSPS) is 10.4. The van der Waals surface area contributed by atoms with Crippen molar-refractivity contribution in [2.45, 2.75) is 6.42 Å². The molecule has 0 aliphatic heterocycles. The van der Waals surface area contributed by atoms with Crippen molar-refractivity contribution in [1.82, 2.24) is 0 Å². The van der Waals surface area contributed by atoms with Gasteiger partial charge in [0.2, 0.25) is 0 Å². The Balaban J connectivity index is 2.24. The molecular weight excluding hydrogens is 248 g/mol. The van der Waals surface area contributed by atoms with E-state index in [1.165, 1.54) is 6.07 Å². The molecule has 0 amide bonds. The highest BCUT2D eigenvalue weighted by molar-refractivity contribution is 5.95. The summed E-state index contributed by atoms with van der Waals surface area (Å²) in [6, 6.07) is 4.70. The van der Waals surface area contributed by atoms with Gasteiger partial charge in [-0.15, -0.1) is 0 Å². The molecular formula is C13H20N2O4. The second kappa shape index (κ2) is 8.34. The number of ether oxygens (including phenoxy) is 3. The third kappa shape index (κ3) is 5.58. The zero-order chi connectivity index (χ0) is 14.1. The number of hydrogen-bond acceptors (Lipinski definition) is 6. The molecule has 19 heavy (non-hydrogen) atoms. The van der Waals surface area contributed by atoms with Crippen LogP contribution in [0.3, 0.4) is 0 Å². The molecule has 0 aliphatic rings. The molecule has 0 bridgehead atoms. The van der Waals surface area contributed by atoms with Crippen LogP contribution >= 0.6 is 0 Å². The Labute approximate surface area is 112 Å². The van der Waals surface area contributed by atoms with Crippen molar-refractivity contribution in [1.29, 1.82) is 0 Å². The van der Waals surface area contributed by atoms with Gasteiger partial charge in [-0.2, -0.15) is 0 Å². The molecule has 0 spiro atoms. The quantitative estimate of drug-likeness (QED) is 0.416. The summed E-state index contributed by atoms with van der Waals surface area (Å²) in [7, 11) is 1.61. The van der Waals surface area contributed by atoms with Crippen LogP contribution in [-0.4, -0.2) is 39.5 Å². The predicted octanol–water partition coefficient (Wildman–Crippen LogP) is 1.06. The first kappa shape index (κ1) is 15.3. The monoisotopic (exact) mass is 268 g/mol. The van der Waals surface area contributed by atoms with Crippen LogP contribution in [0.15, 0.2) is 18.2 Å². The minimum absolute atomic E-state index is 0.287. The first-order valence-electron chi connectivity index (χ1n) is 6.04. The molecule has 0 unspecified atom stereocenters. The van der Waals surface area contributed by atoms with Crippen molar-refractivity contribution in [3.8, 4) is 0 Å². The maximum absolute atomic E-state index is 11.7. The Kier molecular flexibility index (Phi) is 6.70. The third-order valence-electron chi connectivity index (χ3n) is 2.39. The van der Waals surface area contributed by atoms with Gasteiger partial charge in [-0.05, 0) is 18.2 Å². The van der Waals surface area contributed by atoms with Crippen LogP contribution in [0, 0.1) is 0 Å². The number of hydrogen-bond donors (Lipinski definition) is 2. The van der Waals surface area contributed by atoms with E-state index in [9.17, 15) is 4.79 Å². The highest BCUT2D eigenvalue weighted by Crippen LogP contribution is 2.16. The van der Waals surface area contributed by atoms with Gasteiger partial charge < -0.3 is 25.7 Å². The summed E-state index contributed by atoms with van der Waals surface area (Å²) in [5.41, 5.74) is 12.4. The average molecular weight is 268 g/mol. The zero-order valence-corrected chi connectivity index (χ0v) is 11.1. The fourth-order valence-electron chi connectivity index (χ4n) is 1.42. The van der Waals surface area contributed by atoms with Crippen LogP contribution in [0.1, 0.15) is 16.8 Å². The van der Waals surface area contributed by atoms with E-state index in [0.717, 1.165) is 0 Å². The van der Waals surface area contributed by atoms with Gasteiger partial charge in [0.1, 0.15) is 0 Å². The van der Waals surface area contributed by atoms with Gasteiger partial charge in [-0.1, -0.05) is 0 Å². The number of esters is 1. The Morgan fingerprint density at radius 3 is 2.63 bits per heavy atom. The molecule has 1 aromatic carbocycles. The summed E-state index contributed by atoms with van der Waals surface area (Å²) < 4.78 is 15.2. The Hall–Kier alpha value is -1.79. The van der Waals surface area contributed by atoms with Gasteiger partial charge >= 0.3 is 5.97 Å². The molecule has 0 saturated carbocycles. The van der Waals surface area contributed by atoms with Crippen molar-refractivity contribution in [2.75, 3.05) is 45.0 Å². The number of anilines is 2. The minimum atomic E-state index is -0.450. The highest BCUT2D eigenvalue weighted by Gasteiger charge is 2.10. The summed E-state index contributed by atoms with van der Waals surface area (Å²) in [6.07, 6.45) is 0.629. The maximum Gasteiger partial charge on any atom is 0.340 e. The predicted molar refractivity (Wildman–Crippen MR) is 72.9 cm³/mol. The Morgan fingerprint density at radius 2 is 1.95 bits per heavy atom. The first-order chi connectivity index (χ1) is 9.15. The molecule has 4 N–H and O–H groups in total. The highest BCUT2D eigenvalue weighted by atomic mass is 16.5. The number of carbonyl (C=O) groups excluding carboxylic acids is 1. The molecule has 1 aromatic rings. The number of methoxy groups -OCH3 is 1. The van der Waals surface area contributed by atoms with Gasteiger partial charge in [0, 0.05) is 31.5 Å². The summed E-state index contributed by atoms with van der Waals surface area (Å²) in [4.78, 5) is 11.7. The third-order valence-corrected chi connectivity index (χ3v) is 2.39. The molecule has 0 fully saturated rings. The van der Waals surface area contributed by atoms with Crippen LogP contribution < -0.4 is 11.5 Å². The maximum atomic E-state index is 11.7.